The molecule has 0 aliphatic carbocycles. The lowest BCUT2D eigenvalue weighted by Crippen LogP contribution is -1.99. The zero-order valence-electron chi connectivity index (χ0n) is 14.1. The monoisotopic (exact) mass is 342 g/mol. The van der Waals surface area contributed by atoms with Gasteiger partial charge in [-0.15, -0.1) is 0 Å². The van der Waals surface area contributed by atoms with Crippen LogP contribution in [0.25, 0.3) is 10.9 Å². The molecule has 1 aromatic heterocycles. The van der Waals surface area contributed by atoms with Gasteiger partial charge in [-0.1, -0.05) is 0 Å². The Labute approximate surface area is 145 Å². The first-order chi connectivity index (χ1) is 12.1. The average molecular weight is 342 g/mol. The van der Waals surface area contributed by atoms with Crippen LogP contribution in [0.1, 0.15) is 13.8 Å². The van der Waals surface area contributed by atoms with E-state index in [9.17, 15) is 4.39 Å². The van der Waals surface area contributed by atoms with E-state index in [1.807, 2.05) is 13.8 Å². The van der Waals surface area contributed by atoms with Crippen molar-refractivity contribution in [3.05, 3.63) is 48.4 Å². The van der Waals surface area contributed by atoms with Crippen molar-refractivity contribution >= 4 is 16.6 Å². The molecule has 3 rings (SSSR count). The number of halogens is 1. The molecule has 0 saturated carbocycles. The third-order valence-electron chi connectivity index (χ3n) is 3.54. The maximum absolute atomic E-state index is 14.0. The van der Waals surface area contributed by atoms with Crippen LogP contribution in [-0.4, -0.2) is 18.2 Å². The van der Waals surface area contributed by atoms with E-state index in [-0.39, 0.29) is 5.75 Å². The van der Waals surface area contributed by atoms with Crippen molar-refractivity contribution < 1.29 is 18.6 Å². The summed E-state index contributed by atoms with van der Waals surface area (Å²) in [5.74, 6) is 1.24. The van der Waals surface area contributed by atoms with Crippen LogP contribution in [0.3, 0.4) is 0 Å². The molecule has 0 aliphatic rings. The molecule has 0 spiro atoms. The highest BCUT2D eigenvalue weighted by molar-refractivity contribution is 5.88. The highest BCUT2D eigenvalue weighted by atomic mass is 19.1. The number of aromatic nitrogens is 1. The molecule has 1 heterocycles. The summed E-state index contributed by atoms with van der Waals surface area (Å²) < 4.78 is 31.0. The lowest BCUT2D eigenvalue weighted by molar-refractivity contribution is 0.288. The molecule has 0 radical (unpaired) electrons. The maximum Gasteiger partial charge on any atom is 0.167 e. The quantitative estimate of drug-likeness (QED) is 0.666. The third-order valence-corrected chi connectivity index (χ3v) is 3.54. The molecule has 6 heteroatoms. The van der Waals surface area contributed by atoms with Gasteiger partial charge in [-0.05, 0) is 38.1 Å². The van der Waals surface area contributed by atoms with E-state index < -0.39 is 5.82 Å². The van der Waals surface area contributed by atoms with Crippen molar-refractivity contribution in [1.82, 2.24) is 4.98 Å². The first-order valence-electron chi connectivity index (χ1n) is 8.03. The number of anilines is 1. The minimum Gasteiger partial charge on any atom is -0.490 e. The number of hydrogen-bond donors (Lipinski definition) is 1. The van der Waals surface area contributed by atoms with Crippen LogP contribution in [-0.2, 0) is 0 Å². The molecule has 0 bridgehead atoms. The van der Waals surface area contributed by atoms with Crippen molar-refractivity contribution in [3.8, 4) is 23.0 Å². The molecule has 0 aliphatic heterocycles. The summed E-state index contributed by atoms with van der Waals surface area (Å²) in [6.45, 7) is 4.80. The lowest BCUT2D eigenvalue weighted by atomic mass is 10.1. The minimum atomic E-state index is -0.527. The molecule has 3 aromatic rings. The first-order valence-corrected chi connectivity index (χ1v) is 8.03. The summed E-state index contributed by atoms with van der Waals surface area (Å²) in [6.07, 6.45) is 1.60. The van der Waals surface area contributed by atoms with Crippen LogP contribution >= 0.6 is 0 Å². The number of nitrogen functional groups attached to an aromatic ring is 1. The summed E-state index contributed by atoms with van der Waals surface area (Å²) in [5.41, 5.74) is 6.58. The SMILES string of the molecule is CCOc1cc2nccc(Oc3ccc(N)cc3F)c2cc1OCC. The topological polar surface area (TPSA) is 66.6 Å². The van der Waals surface area contributed by atoms with Gasteiger partial charge in [-0.3, -0.25) is 4.98 Å². The Balaban J connectivity index is 2.07. The number of ether oxygens (including phenoxy) is 3. The number of nitrogens with zero attached hydrogens (tertiary/aromatic N) is 1. The van der Waals surface area contributed by atoms with Gasteiger partial charge in [-0.25, -0.2) is 4.39 Å². The second-order valence-electron chi connectivity index (χ2n) is 5.28. The molecule has 5 nitrogen and oxygen atoms in total. The van der Waals surface area contributed by atoms with E-state index in [0.29, 0.717) is 47.1 Å². The van der Waals surface area contributed by atoms with Gasteiger partial charge in [0, 0.05) is 29.4 Å². The molecule has 0 unspecified atom stereocenters. The van der Waals surface area contributed by atoms with Crippen LogP contribution in [0, 0.1) is 5.82 Å². The standard InChI is InChI=1S/C19H19FN2O3/c1-3-23-18-10-13-15(11-19(18)24-4-2)22-8-7-16(13)25-17-6-5-12(21)9-14(17)20/h5-11H,3-4,21H2,1-2H3. The fourth-order valence-electron chi connectivity index (χ4n) is 2.47. The van der Waals surface area contributed by atoms with E-state index >= 15 is 0 Å². The van der Waals surface area contributed by atoms with Gasteiger partial charge in [0.1, 0.15) is 5.75 Å². The Morgan fingerprint density at radius 1 is 0.920 bits per heavy atom. The Kier molecular flexibility index (Phi) is 4.88. The molecule has 2 N–H and O–H groups in total. The summed E-state index contributed by atoms with van der Waals surface area (Å²) >= 11 is 0. The minimum absolute atomic E-state index is 0.0912. The van der Waals surface area contributed by atoms with Gasteiger partial charge < -0.3 is 19.9 Å². The zero-order valence-corrected chi connectivity index (χ0v) is 14.1. The van der Waals surface area contributed by atoms with Crippen molar-refractivity contribution in [2.24, 2.45) is 0 Å². The van der Waals surface area contributed by atoms with Crippen LogP contribution in [0.2, 0.25) is 0 Å². The summed E-state index contributed by atoms with van der Waals surface area (Å²) in [5, 5.41) is 0.700. The number of nitrogens with two attached hydrogens (primary N) is 1. The molecule has 0 amide bonds. The fraction of sp³-hybridized carbons (Fsp3) is 0.211. The largest absolute Gasteiger partial charge is 0.490 e. The Bertz CT molecular complexity index is 899. The van der Waals surface area contributed by atoms with Gasteiger partial charge in [0.15, 0.2) is 23.1 Å². The number of pyridine rings is 1. The van der Waals surface area contributed by atoms with Gasteiger partial charge in [0.2, 0.25) is 0 Å². The predicted molar refractivity (Wildman–Crippen MR) is 95.0 cm³/mol. The Hall–Kier alpha value is -3.02. The van der Waals surface area contributed by atoms with Crippen molar-refractivity contribution in [2.45, 2.75) is 13.8 Å². The highest BCUT2D eigenvalue weighted by Crippen LogP contribution is 2.37. The van der Waals surface area contributed by atoms with Crippen LogP contribution < -0.4 is 19.9 Å². The van der Waals surface area contributed by atoms with Gasteiger partial charge in [-0.2, -0.15) is 0 Å². The Morgan fingerprint density at radius 2 is 1.64 bits per heavy atom. The summed E-state index contributed by atoms with van der Waals surface area (Å²) in [6, 6.07) is 9.55. The molecule has 25 heavy (non-hydrogen) atoms. The second-order valence-corrected chi connectivity index (χ2v) is 5.28. The number of benzene rings is 2. The predicted octanol–water partition coefficient (Wildman–Crippen LogP) is 4.55. The van der Waals surface area contributed by atoms with Crippen LogP contribution in [0.4, 0.5) is 10.1 Å². The van der Waals surface area contributed by atoms with Crippen molar-refractivity contribution in [3.63, 3.8) is 0 Å². The summed E-state index contributed by atoms with van der Waals surface area (Å²) in [7, 11) is 0. The average Bonchev–Trinajstić information content (AvgIpc) is 2.59. The molecular formula is C19H19FN2O3. The molecule has 0 fully saturated rings. The maximum atomic E-state index is 14.0. The highest BCUT2D eigenvalue weighted by Gasteiger charge is 2.13. The number of rotatable bonds is 6. The number of fused-ring (bicyclic) bond motifs is 1. The summed E-state index contributed by atoms with van der Waals surface area (Å²) in [4.78, 5) is 4.33. The molecule has 2 aromatic carbocycles. The van der Waals surface area contributed by atoms with Crippen LogP contribution in [0.5, 0.6) is 23.0 Å². The Morgan fingerprint density at radius 3 is 2.32 bits per heavy atom. The fourth-order valence-corrected chi connectivity index (χ4v) is 2.47. The van der Waals surface area contributed by atoms with Crippen molar-refractivity contribution in [2.75, 3.05) is 18.9 Å². The van der Waals surface area contributed by atoms with E-state index in [4.69, 9.17) is 19.9 Å². The zero-order chi connectivity index (χ0) is 17.8. The molecule has 0 atom stereocenters. The normalized spacial score (nSPS) is 10.7. The van der Waals surface area contributed by atoms with Crippen molar-refractivity contribution in [1.29, 1.82) is 0 Å². The lowest BCUT2D eigenvalue weighted by Gasteiger charge is -2.14. The molecule has 0 saturated heterocycles. The van der Waals surface area contributed by atoms with Gasteiger partial charge in [0.25, 0.3) is 0 Å². The number of hydrogen-bond acceptors (Lipinski definition) is 5. The van der Waals surface area contributed by atoms with E-state index in [1.165, 1.54) is 12.1 Å². The molecular weight excluding hydrogens is 323 g/mol. The van der Waals surface area contributed by atoms with E-state index in [2.05, 4.69) is 4.98 Å². The van der Waals surface area contributed by atoms with E-state index in [0.717, 1.165) is 0 Å². The molecule has 130 valence electrons. The van der Waals surface area contributed by atoms with E-state index in [1.54, 1.807) is 30.5 Å². The third kappa shape index (κ3) is 3.57. The van der Waals surface area contributed by atoms with Gasteiger partial charge in [0.05, 0.1) is 18.7 Å². The smallest absolute Gasteiger partial charge is 0.167 e. The first kappa shape index (κ1) is 16.8. The van der Waals surface area contributed by atoms with Gasteiger partial charge >= 0.3 is 0 Å². The van der Waals surface area contributed by atoms with Crippen LogP contribution in [0.15, 0.2) is 42.6 Å². The second kappa shape index (κ2) is 7.25.